The fourth-order valence-corrected chi connectivity index (χ4v) is 3.52. The van der Waals surface area contributed by atoms with E-state index in [1.54, 1.807) is 25.1 Å². The molecule has 1 aliphatic carbocycles. The molecule has 3 nitrogen and oxygen atoms in total. The summed E-state index contributed by atoms with van der Waals surface area (Å²) in [5.74, 6) is 0.747. The molecular formula is C16H21FN2O. The van der Waals surface area contributed by atoms with Gasteiger partial charge in [0.1, 0.15) is 5.82 Å². The molecule has 1 unspecified atom stereocenters. The highest BCUT2D eigenvalue weighted by atomic mass is 19.1. The van der Waals surface area contributed by atoms with Crippen molar-refractivity contribution in [2.75, 3.05) is 13.1 Å². The Morgan fingerprint density at radius 1 is 1.30 bits per heavy atom. The van der Waals surface area contributed by atoms with Crippen LogP contribution in [0.5, 0.6) is 0 Å². The van der Waals surface area contributed by atoms with Gasteiger partial charge in [-0.25, -0.2) is 4.39 Å². The van der Waals surface area contributed by atoms with Crippen molar-refractivity contribution in [2.45, 2.75) is 32.2 Å². The van der Waals surface area contributed by atoms with Gasteiger partial charge in [0.15, 0.2) is 0 Å². The molecule has 1 heterocycles. The molecule has 1 saturated heterocycles. The normalized spacial score (nSPS) is 29.0. The van der Waals surface area contributed by atoms with Crippen molar-refractivity contribution < 1.29 is 9.18 Å². The Morgan fingerprint density at radius 3 is 2.95 bits per heavy atom. The van der Waals surface area contributed by atoms with Gasteiger partial charge in [-0.05, 0) is 62.7 Å². The van der Waals surface area contributed by atoms with Crippen LogP contribution in [0.3, 0.4) is 0 Å². The van der Waals surface area contributed by atoms with Crippen molar-refractivity contribution in [3.8, 4) is 0 Å². The molecule has 0 radical (unpaired) electrons. The fraction of sp³-hybridized carbons (Fsp3) is 0.562. The molecule has 2 N–H and O–H groups in total. The number of aryl methyl sites for hydroxylation is 1. The third kappa shape index (κ3) is 2.57. The Kier molecular flexibility index (Phi) is 3.74. The van der Waals surface area contributed by atoms with Crippen molar-refractivity contribution in [3.05, 3.63) is 35.1 Å². The number of rotatable bonds is 2. The lowest BCUT2D eigenvalue weighted by Gasteiger charge is -2.31. The number of carbonyl (C=O) groups is 1. The smallest absolute Gasteiger partial charge is 0.254 e. The summed E-state index contributed by atoms with van der Waals surface area (Å²) in [5.41, 5.74) is 0.679. The highest BCUT2D eigenvalue weighted by Crippen LogP contribution is 2.32. The van der Waals surface area contributed by atoms with Crippen molar-refractivity contribution in [1.29, 1.82) is 0 Å². The lowest BCUT2D eigenvalue weighted by molar-refractivity contribution is 0.0909. The molecule has 3 atom stereocenters. The van der Waals surface area contributed by atoms with Crippen molar-refractivity contribution in [1.82, 2.24) is 10.6 Å². The van der Waals surface area contributed by atoms with E-state index in [0.717, 1.165) is 38.3 Å². The summed E-state index contributed by atoms with van der Waals surface area (Å²) in [6, 6.07) is 5.15. The topological polar surface area (TPSA) is 41.1 Å². The van der Waals surface area contributed by atoms with E-state index in [9.17, 15) is 9.18 Å². The second-order valence-corrected chi connectivity index (χ2v) is 6.10. The number of carbonyl (C=O) groups excluding carboxylic acids is 1. The standard InChI is InChI=1S/C16H21FN2O/c1-10-3-2-4-14(15(10)17)16(20)19-13-6-5-11-8-18-9-12(11)7-13/h2-4,11-13,18H,5-9H2,1H3,(H,19,20)/t11-,12+,13?/m0/s1. The first-order chi connectivity index (χ1) is 9.65. The zero-order valence-corrected chi connectivity index (χ0v) is 11.8. The molecule has 2 fully saturated rings. The minimum absolute atomic E-state index is 0.164. The van der Waals surface area contributed by atoms with E-state index >= 15 is 0 Å². The lowest BCUT2D eigenvalue weighted by Crippen LogP contribution is -2.41. The molecule has 1 aromatic rings. The third-order valence-electron chi connectivity index (χ3n) is 4.72. The summed E-state index contributed by atoms with van der Waals surface area (Å²) in [7, 11) is 0. The number of hydrogen-bond acceptors (Lipinski definition) is 2. The molecule has 108 valence electrons. The van der Waals surface area contributed by atoms with Crippen LogP contribution in [0, 0.1) is 24.6 Å². The van der Waals surface area contributed by atoms with E-state index in [1.165, 1.54) is 0 Å². The van der Waals surface area contributed by atoms with E-state index in [-0.39, 0.29) is 17.5 Å². The minimum Gasteiger partial charge on any atom is -0.349 e. The molecule has 1 aromatic carbocycles. The molecule has 0 bridgehead atoms. The zero-order chi connectivity index (χ0) is 14.1. The van der Waals surface area contributed by atoms with E-state index in [2.05, 4.69) is 10.6 Å². The van der Waals surface area contributed by atoms with Gasteiger partial charge >= 0.3 is 0 Å². The van der Waals surface area contributed by atoms with E-state index in [0.29, 0.717) is 11.5 Å². The summed E-state index contributed by atoms with van der Waals surface area (Å²) >= 11 is 0. The van der Waals surface area contributed by atoms with Crippen LogP contribution in [0.1, 0.15) is 35.2 Å². The van der Waals surface area contributed by atoms with E-state index < -0.39 is 5.82 Å². The zero-order valence-electron chi connectivity index (χ0n) is 11.8. The van der Waals surface area contributed by atoms with Crippen molar-refractivity contribution >= 4 is 5.91 Å². The van der Waals surface area contributed by atoms with Crippen LogP contribution in [0.25, 0.3) is 0 Å². The SMILES string of the molecule is Cc1cccc(C(=O)NC2CC[C@H]3CNC[C@H]3C2)c1F. The maximum absolute atomic E-state index is 14.0. The Bertz CT molecular complexity index is 517. The average molecular weight is 276 g/mol. The van der Waals surface area contributed by atoms with Gasteiger partial charge in [0.05, 0.1) is 5.56 Å². The summed E-state index contributed by atoms with van der Waals surface area (Å²) in [6.07, 6.45) is 3.16. The third-order valence-corrected chi connectivity index (χ3v) is 4.72. The summed E-state index contributed by atoms with van der Waals surface area (Å²) < 4.78 is 14.0. The first-order valence-corrected chi connectivity index (χ1v) is 7.42. The molecule has 0 aromatic heterocycles. The number of halogens is 1. The van der Waals surface area contributed by atoms with Crippen molar-refractivity contribution in [2.24, 2.45) is 11.8 Å². The maximum atomic E-state index is 14.0. The van der Waals surface area contributed by atoms with Gasteiger partial charge in [-0.2, -0.15) is 0 Å². The molecule has 4 heteroatoms. The van der Waals surface area contributed by atoms with Crippen LogP contribution in [0.2, 0.25) is 0 Å². The maximum Gasteiger partial charge on any atom is 0.254 e. The van der Waals surface area contributed by atoms with Gasteiger partial charge in [0.2, 0.25) is 0 Å². The van der Waals surface area contributed by atoms with Crippen LogP contribution >= 0.6 is 0 Å². The molecule has 1 saturated carbocycles. The summed E-state index contributed by atoms with van der Waals surface area (Å²) in [5, 5.41) is 6.42. The Labute approximate surface area is 118 Å². The summed E-state index contributed by atoms with van der Waals surface area (Å²) in [4.78, 5) is 12.2. The highest BCUT2D eigenvalue weighted by molar-refractivity contribution is 5.94. The first kappa shape index (κ1) is 13.6. The van der Waals surface area contributed by atoms with Gasteiger partial charge in [0, 0.05) is 6.04 Å². The number of amides is 1. The Balaban J connectivity index is 1.65. The number of nitrogens with one attached hydrogen (secondary N) is 2. The van der Waals surface area contributed by atoms with Gasteiger partial charge in [-0.15, -0.1) is 0 Å². The molecule has 3 rings (SSSR count). The number of benzene rings is 1. The average Bonchev–Trinajstić information content (AvgIpc) is 2.89. The Hall–Kier alpha value is -1.42. The first-order valence-electron chi connectivity index (χ1n) is 7.42. The van der Waals surface area contributed by atoms with Crippen LogP contribution in [0.15, 0.2) is 18.2 Å². The van der Waals surface area contributed by atoms with Gasteiger partial charge in [0.25, 0.3) is 5.91 Å². The molecule has 1 aliphatic heterocycles. The van der Waals surface area contributed by atoms with Gasteiger partial charge in [-0.3, -0.25) is 4.79 Å². The molecule has 1 amide bonds. The molecule has 2 aliphatic rings. The van der Waals surface area contributed by atoms with Crippen LogP contribution in [-0.4, -0.2) is 25.0 Å². The van der Waals surface area contributed by atoms with Crippen LogP contribution in [-0.2, 0) is 0 Å². The quantitative estimate of drug-likeness (QED) is 0.870. The predicted octanol–water partition coefficient (Wildman–Crippen LogP) is 2.25. The second kappa shape index (κ2) is 5.52. The fourth-order valence-electron chi connectivity index (χ4n) is 3.52. The van der Waals surface area contributed by atoms with Crippen molar-refractivity contribution in [3.63, 3.8) is 0 Å². The molecular weight excluding hydrogens is 255 g/mol. The molecule has 20 heavy (non-hydrogen) atoms. The van der Waals surface area contributed by atoms with Crippen LogP contribution in [0.4, 0.5) is 4.39 Å². The van der Waals surface area contributed by atoms with E-state index in [1.807, 2.05) is 0 Å². The van der Waals surface area contributed by atoms with Crippen LogP contribution < -0.4 is 10.6 Å². The lowest BCUT2D eigenvalue weighted by atomic mass is 9.79. The number of hydrogen-bond donors (Lipinski definition) is 2. The minimum atomic E-state index is -0.402. The Morgan fingerprint density at radius 2 is 2.10 bits per heavy atom. The van der Waals surface area contributed by atoms with Gasteiger partial charge in [-0.1, -0.05) is 12.1 Å². The highest BCUT2D eigenvalue weighted by Gasteiger charge is 2.34. The second-order valence-electron chi connectivity index (χ2n) is 6.10. The monoisotopic (exact) mass is 276 g/mol. The number of fused-ring (bicyclic) bond motifs is 1. The molecule has 0 spiro atoms. The van der Waals surface area contributed by atoms with E-state index in [4.69, 9.17) is 0 Å². The predicted molar refractivity (Wildman–Crippen MR) is 76.1 cm³/mol. The van der Waals surface area contributed by atoms with Gasteiger partial charge < -0.3 is 10.6 Å². The summed E-state index contributed by atoms with van der Waals surface area (Å²) in [6.45, 7) is 3.84. The largest absolute Gasteiger partial charge is 0.349 e.